The zero-order valence-corrected chi connectivity index (χ0v) is 16.9. The van der Waals surface area contributed by atoms with E-state index in [0.29, 0.717) is 6.54 Å². The maximum atomic E-state index is 13.1. The third-order valence-corrected chi connectivity index (χ3v) is 5.23. The summed E-state index contributed by atoms with van der Waals surface area (Å²) in [6.07, 6.45) is 2.83. The summed E-state index contributed by atoms with van der Waals surface area (Å²) in [7, 11) is 0. The molecular weight excluding hydrogens is 366 g/mol. The van der Waals surface area contributed by atoms with Gasteiger partial charge in [0.25, 0.3) is 0 Å². The molecular formula is C22H26FLiN2O3. The first-order valence-corrected chi connectivity index (χ1v) is 9.56. The summed E-state index contributed by atoms with van der Waals surface area (Å²) in [6.45, 7) is 3.33. The van der Waals surface area contributed by atoms with E-state index in [1.165, 1.54) is 12.1 Å². The van der Waals surface area contributed by atoms with Gasteiger partial charge < -0.3 is 11.8 Å². The van der Waals surface area contributed by atoms with E-state index in [4.69, 9.17) is 5.11 Å². The zero-order valence-electron chi connectivity index (χ0n) is 17.9. The minimum atomic E-state index is -0.970. The summed E-state index contributed by atoms with van der Waals surface area (Å²) in [5, 5.41) is 12.1. The number of benzene rings is 2. The molecule has 0 spiro atoms. The van der Waals surface area contributed by atoms with E-state index in [-0.39, 0.29) is 49.7 Å². The number of carboxylic acids is 1. The average Bonchev–Trinajstić information content (AvgIpc) is 2.70. The normalized spacial score (nSPS) is 17.8. The van der Waals surface area contributed by atoms with E-state index in [2.05, 4.69) is 10.2 Å². The number of carbonyl (C=O) groups is 2. The standard InChI is InChI=1S/C22H25FN2O3.Li.H/c1-15(17-7-9-18(10-8-17)22(27)28)24-21(26)20-4-2-3-13-25(20)14-16-5-11-19(23)12-6-16;;/h5-12,15,20H,2-4,13-14H2,1H3,(H,24,26)(H,27,28);;/q;+1;-1/t15-,20+;;/m0../s1. The average molecular weight is 392 g/mol. The Hall–Kier alpha value is -2.13. The summed E-state index contributed by atoms with van der Waals surface area (Å²) >= 11 is 0. The van der Waals surface area contributed by atoms with Crippen LogP contribution in [-0.4, -0.2) is 34.5 Å². The summed E-state index contributed by atoms with van der Waals surface area (Å²) < 4.78 is 13.1. The molecule has 1 saturated heterocycles. The molecule has 0 saturated carbocycles. The fourth-order valence-electron chi connectivity index (χ4n) is 3.61. The van der Waals surface area contributed by atoms with Crippen LogP contribution >= 0.6 is 0 Å². The van der Waals surface area contributed by atoms with Crippen LogP contribution in [0.1, 0.15) is 55.1 Å². The number of hydrogen-bond acceptors (Lipinski definition) is 3. The Labute approximate surface area is 184 Å². The van der Waals surface area contributed by atoms with Crippen LogP contribution < -0.4 is 24.2 Å². The van der Waals surface area contributed by atoms with Crippen molar-refractivity contribution >= 4 is 11.9 Å². The second-order valence-electron chi connectivity index (χ2n) is 7.27. The smallest absolute Gasteiger partial charge is 1.00 e. The second-order valence-corrected chi connectivity index (χ2v) is 7.27. The third-order valence-electron chi connectivity index (χ3n) is 5.23. The number of piperidine rings is 1. The van der Waals surface area contributed by atoms with Crippen LogP contribution in [-0.2, 0) is 11.3 Å². The first kappa shape index (κ1) is 23.1. The van der Waals surface area contributed by atoms with Crippen LogP contribution in [0, 0.1) is 5.82 Å². The summed E-state index contributed by atoms with van der Waals surface area (Å²) in [4.78, 5) is 26.0. The molecule has 7 heteroatoms. The maximum absolute atomic E-state index is 13.1. The molecule has 2 N–H and O–H groups in total. The van der Waals surface area contributed by atoms with Gasteiger partial charge in [-0.3, -0.25) is 9.69 Å². The van der Waals surface area contributed by atoms with Gasteiger partial charge in [0.1, 0.15) is 5.82 Å². The number of hydrogen-bond donors (Lipinski definition) is 2. The molecule has 2 atom stereocenters. The molecule has 29 heavy (non-hydrogen) atoms. The quantitative estimate of drug-likeness (QED) is 0.716. The molecule has 5 nitrogen and oxygen atoms in total. The molecule has 0 aliphatic carbocycles. The van der Waals surface area contributed by atoms with Crippen molar-refractivity contribution in [2.45, 2.75) is 44.8 Å². The molecule has 2 aromatic rings. The van der Waals surface area contributed by atoms with Crippen LogP contribution in [0.3, 0.4) is 0 Å². The van der Waals surface area contributed by atoms with Gasteiger partial charge in [-0.2, -0.15) is 0 Å². The Morgan fingerprint density at radius 2 is 1.83 bits per heavy atom. The minimum Gasteiger partial charge on any atom is -1.00 e. The van der Waals surface area contributed by atoms with Gasteiger partial charge in [-0.15, -0.1) is 0 Å². The molecule has 3 rings (SSSR count). The minimum absolute atomic E-state index is 0. The molecule has 0 radical (unpaired) electrons. The van der Waals surface area contributed by atoms with Crippen molar-refractivity contribution in [3.63, 3.8) is 0 Å². The Morgan fingerprint density at radius 1 is 1.17 bits per heavy atom. The third kappa shape index (κ3) is 6.17. The van der Waals surface area contributed by atoms with Gasteiger partial charge in [0.15, 0.2) is 0 Å². The van der Waals surface area contributed by atoms with Gasteiger partial charge in [-0.1, -0.05) is 30.7 Å². The Bertz CT molecular complexity index is 833. The number of halogens is 1. The number of carbonyl (C=O) groups excluding carboxylic acids is 1. The van der Waals surface area contributed by atoms with Gasteiger partial charge in [-0.25, -0.2) is 9.18 Å². The first-order valence-electron chi connectivity index (χ1n) is 9.56. The van der Waals surface area contributed by atoms with Crippen molar-refractivity contribution in [2.24, 2.45) is 0 Å². The molecule has 2 aromatic carbocycles. The Balaban J connectivity index is 0.00000225. The summed E-state index contributed by atoms with van der Waals surface area (Å²) in [6, 6.07) is 12.5. The SMILES string of the molecule is C[C@H](NC(=O)[C@H]1CCCCN1Cc1ccc(F)cc1)c1ccc(C(=O)O)cc1.[H-].[Li+]. The molecule has 1 heterocycles. The van der Waals surface area contributed by atoms with Gasteiger partial charge >= 0.3 is 24.8 Å². The molecule has 0 bridgehead atoms. The van der Waals surface area contributed by atoms with Crippen molar-refractivity contribution < 1.29 is 39.4 Å². The number of amides is 1. The van der Waals surface area contributed by atoms with Crippen LogP contribution in [0.2, 0.25) is 0 Å². The molecule has 1 aliphatic heterocycles. The van der Waals surface area contributed by atoms with Crippen molar-refractivity contribution in [1.29, 1.82) is 0 Å². The number of rotatable bonds is 6. The monoisotopic (exact) mass is 392 g/mol. The number of likely N-dealkylation sites (tertiary alicyclic amines) is 1. The number of aromatic carboxylic acids is 1. The van der Waals surface area contributed by atoms with Crippen LogP contribution in [0.15, 0.2) is 48.5 Å². The molecule has 0 unspecified atom stereocenters. The van der Waals surface area contributed by atoms with Crippen molar-refractivity contribution in [3.8, 4) is 0 Å². The zero-order chi connectivity index (χ0) is 20.1. The molecule has 150 valence electrons. The summed E-state index contributed by atoms with van der Waals surface area (Å²) in [5.74, 6) is -1.27. The van der Waals surface area contributed by atoms with Crippen molar-refractivity contribution in [3.05, 3.63) is 71.0 Å². The van der Waals surface area contributed by atoms with Gasteiger partial charge in [-0.05, 0) is 61.7 Å². The molecule has 1 fully saturated rings. The van der Waals surface area contributed by atoms with Gasteiger partial charge in [0, 0.05) is 6.54 Å². The van der Waals surface area contributed by atoms with Gasteiger partial charge in [0.2, 0.25) is 5.91 Å². The van der Waals surface area contributed by atoms with E-state index >= 15 is 0 Å². The van der Waals surface area contributed by atoms with E-state index < -0.39 is 5.97 Å². The molecule has 1 aliphatic rings. The topological polar surface area (TPSA) is 69.6 Å². The number of carboxylic acid groups (broad SMARTS) is 1. The summed E-state index contributed by atoms with van der Waals surface area (Å²) in [5.41, 5.74) is 2.07. The van der Waals surface area contributed by atoms with Crippen molar-refractivity contribution in [2.75, 3.05) is 6.54 Å². The van der Waals surface area contributed by atoms with E-state index in [1.807, 2.05) is 6.92 Å². The first-order chi connectivity index (χ1) is 13.4. The van der Waals surface area contributed by atoms with Crippen LogP contribution in [0.5, 0.6) is 0 Å². The maximum Gasteiger partial charge on any atom is 1.00 e. The molecule has 0 aromatic heterocycles. The Kier molecular flexibility index (Phi) is 8.45. The van der Waals surface area contributed by atoms with E-state index in [9.17, 15) is 14.0 Å². The largest absolute Gasteiger partial charge is 1.00 e. The van der Waals surface area contributed by atoms with Crippen LogP contribution in [0.4, 0.5) is 4.39 Å². The fourth-order valence-corrected chi connectivity index (χ4v) is 3.61. The number of nitrogens with zero attached hydrogens (tertiary/aromatic N) is 1. The predicted molar refractivity (Wildman–Crippen MR) is 106 cm³/mol. The molecule has 1 amide bonds. The predicted octanol–water partition coefficient (Wildman–Crippen LogP) is 0.872. The van der Waals surface area contributed by atoms with Crippen molar-refractivity contribution in [1.82, 2.24) is 10.2 Å². The van der Waals surface area contributed by atoms with E-state index in [0.717, 1.165) is 36.9 Å². The number of nitrogens with one attached hydrogen (secondary N) is 1. The Morgan fingerprint density at radius 3 is 2.45 bits per heavy atom. The second kappa shape index (κ2) is 10.6. The van der Waals surface area contributed by atoms with Gasteiger partial charge in [0.05, 0.1) is 17.6 Å². The van der Waals surface area contributed by atoms with E-state index in [1.54, 1.807) is 36.4 Å². The fraction of sp³-hybridized carbons (Fsp3) is 0.364. The van der Waals surface area contributed by atoms with Crippen LogP contribution in [0.25, 0.3) is 0 Å².